The Morgan fingerprint density at radius 2 is 1.88 bits per heavy atom. The molecule has 1 atom stereocenters. The lowest BCUT2D eigenvalue weighted by Gasteiger charge is -2.32. The Balaban J connectivity index is 1.58. The lowest BCUT2D eigenvalue weighted by atomic mass is 9.88. The second kappa shape index (κ2) is 4.61. The molecule has 3 N–H and O–H groups in total. The lowest BCUT2D eigenvalue weighted by molar-refractivity contribution is -0.931. The molecule has 3 aliphatic heterocycles. The van der Waals surface area contributed by atoms with E-state index in [1.807, 2.05) is 0 Å². The van der Waals surface area contributed by atoms with Crippen molar-refractivity contribution in [1.29, 1.82) is 0 Å². The Morgan fingerprint density at radius 1 is 1.12 bits per heavy atom. The van der Waals surface area contributed by atoms with Gasteiger partial charge in [-0.15, -0.1) is 0 Å². The van der Waals surface area contributed by atoms with E-state index in [0.717, 1.165) is 25.9 Å². The standard InChI is InChI=1S/C12H22N2O2/c1-3-13-4-2-12(1)9-11(10-16-12)14-5-7-15-8-6-14/h11,13H,1-10H2/p+2/t11-/m1/s1. The minimum absolute atomic E-state index is 0.255. The molecule has 0 aliphatic carbocycles. The predicted molar refractivity (Wildman–Crippen MR) is 59.5 cm³/mol. The Hall–Kier alpha value is -0.160. The highest BCUT2D eigenvalue weighted by molar-refractivity contribution is 4.90. The van der Waals surface area contributed by atoms with E-state index >= 15 is 0 Å². The van der Waals surface area contributed by atoms with Crippen LogP contribution in [0.2, 0.25) is 0 Å². The number of quaternary nitrogens is 2. The first-order valence-electron chi connectivity index (χ1n) is 6.76. The first-order chi connectivity index (χ1) is 7.88. The fourth-order valence-corrected chi connectivity index (χ4v) is 3.50. The van der Waals surface area contributed by atoms with E-state index in [-0.39, 0.29) is 5.60 Å². The van der Waals surface area contributed by atoms with Gasteiger partial charge in [0.15, 0.2) is 0 Å². The summed E-state index contributed by atoms with van der Waals surface area (Å²) >= 11 is 0. The number of morpholine rings is 1. The van der Waals surface area contributed by atoms with Crippen LogP contribution < -0.4 is 10.2 Å². The molecule has 3 rings (SSSR count). The number of hydrogen-bond acceptors (Lipinski definition) is 2. The second-order valence-corrected chi connectivity index (χ2v) is 5.53. The number of nitrogens with one attached hydrogen (secondary N) is 1. The Kier molecular flexibility index (Phi) is 3.16. The monoisotopic (exact) mass is 228 g/mol. The van der Waals surface area contributed by atoms with Crippen molar-refractivity contribution in [1.82, 2.24) is 0 Å². The third kappa shape index (κ3) is 2.12. The molecule has 0 amide bonds. The van der Waals surface area contributed by atoms with E-state index in [1.165, 1.54) is 45.4 Å². The van der Waals surface area contributed by atoms with E-state index in [4.69, 9.17) is 9.47 Å². The van der Waals surface area contributed by atoms with Gasteiger partial charge in [0.1, 0.15) is 19.1 Å². The second-order valence-electron chi connectivity index (χ2n) is 5.53. The molecule has 3 saturated heterocycles. The van der Waals surface area contributed by atoms with Gasteiger partial charge in [0.2, 0.25) is 0 Å². The molecule has 0 saturated carbocycles. The zero-order valence-corrected chi connectivity index (χ0v) is 10.0. The van der Waals surface area contributed by atoms with Gasteiger partial charge in [0.25, 0.3) is 0 Å². The fourth-order valence-electron chi connectivity index (χ4n) is 3.50. The summed E-state index contributed by atoms with van der Waals surface area (Å²) in [5.41, 5.74) is 0.255. The number of rotatable bonds is 1. The van der Waals surface area contributed by atoms with E-state index in [9.17, 15) is 0 Å². The van der Waals surface area contributed by atoms with E-state index in [1.54, 1.807) is 4.90 Å². The van der Waals surface area contributed by atoms with Gasteiger partial charge in [0, 0.05) is 19.3 Å². The number of hydrogen-bond donors (Lipinski definition) is 2. The van der Waals surface area contributed by atoms with E-state index in [0.29, 0.717) is 0 Å². The van der Waals surface area contributed by atoms with Crippen molar-refractivity contribution < 1.29 is 19.7 Å². The van der Waals surface area contributed by atoms with Crippen molar-refractivity contribution in [2.45, 2.75) is 30.9 Å². The summed E-state index contributed by atoms with van der Waals surface area (Å²) in [5.74, 6) is 0. The Bertz CT molecular complexity index is 235. The van der Waals surface area contributed by atoms with Gasteiger partial charge in [-0.3, -0.25) is 0 Å². The van der Waals surface area contributed by atoms with Crippen molar-refractivity contribution in [3.63, 3.8) is 0 Å². The smallest absolute Gasteiger partial charge is 0.114 e. The van der Waals surface area contributed by atoms with E-state index in [2.05, 4.69) is 5.32 Å². The van der Waals surface area contributed by atoms with Crippen LogP contribution in [-0.2, 0) is 9.47 Å². The zero-order valence-electron chi connectivity index (χ0n) is 10.0. The molecular formula is C12H24N2O2+2. The van der Waals surface area contributed by atoms with Crippen LogP contribution in [0.1, 0.15) is 19.3 Å². The Morgan fingerprint density at radius 3 is 2.62 bits per heavy atom. The summed E-state index contributed by atoms with van der Waals surface area (Å²) < 4.78 is 11.6. The van der Waals surface area contributed by atoms with Gasteiger partial charge < -0.3 is 19.7 Å². The van der Waals surface area contributed by atoms with Crippen LogP contribution >= 0.6 is 0 Å². The topological polar surface area (TPSA) is 39.5 Å². The lowest BCUT2D eigenvalue weighted by Crippen LogP contribution is -3.18. The van der Waals surface area contributed by atoms with Crippen LogP contribution in [0.3, 0.4) is 0 Å². The molecule has 16 heavy (non-hydrogen) atoms. The van der Waals surface area contributed by atoms with Gasteiger partial charge in [-0.1, -0.05) is 0 Å². The normalized spacial score (nSPS) is 35.6. The van der Waals surface area contributed by atoms with Crippen molar-refractivity contribution in [2.24, 2.45) is 0 Å². The van der Waals surface area contributed by atoms with Crippen molar-refractivity contribution in [2.75, 3.05) is 46.0 Å². The maximum absolute atomic E-state index is 6.17. The molecular weight excluding hydrogens is 204 g/mol. The van der Waals surface area contributed by atoms with Gasteiger partial charge in [-0.2, -0.15) is 0 Å². The maximum Gasteiger partial charge on any atom is 0.114 e. The van der Waals surface area contributed by atoms with Crippen molar-refractivity contribution in [3.8, 4) is 0 Å². The van der Waals surface area contributed by atoms with E-state index < -0.39 is 0 Å². The zero-order chi connectivity index (χ0) is 10.8. The molecule has 3 aliphatic rings. The molecule has 92 valence electrons. The average Bonchev–Trinajstić information content (AvgIpc) is 2.75. The molecule has 0 aromatic carbocycles. The predicted octanol–water partition coefficient (Wildman–Crippen LogP) is -2.21. The highest BCUT2D eigenvalue weighted by Crippen LogP contribution is 2.31. The number of nitrogens with two attached hydrogens (primary N) is 1. The van der Waals surface area contributed by atoms with Gasteiger partial charge in [-0.25, -0.2) is 0 Å². The SMILES string of the molecule is C1CC2(CC[NH2+]1)C[C@@H]([NH+]1CCOCC1)CO2. The first-order valence-corrected chi connectivity index (χ1v) is 6.76. The van der Waals surface area contributed by atoms with Crippen LogP contribution in [0.25, 0.3) is 0 Å². The van der Waals surface area contributed by atoms with Gasteiger partial charge in [0.05, 0.1) is 38.5 Å². The third-order valence-corrected chi connectivity index (χ3v) is 4.53. The van der Waals surface area contributed by atoms with Gasteiger partial charge in [-0.05, 0) is 0 Å². The minimum Gasteiger partial charge on any atom is -0.370 e. The van der Waals surface area contributed by atoms with Crippen molar-refractivity contribution >= 4 is 0 Å². The molecule has 1 spiro atoms. The largest absolute Gasteiger partial charge is 0.370 e. The molecule has 0 aromatic heterocycles. The molecule has 4 heteroatoms. The van der Waals surface area contributed by atoms with Crippen LogP contribution in [0.4, 0.5) is 0 Å². The summed E-state index contributed by atoms with van der Waals surface area (Å²) in [5, 5.41) is 2.42. The molecule has 0 unspecified atom stereocenters. The Labute approximate surface area is 97.3 Å². The first kappa shape index (κ1) is 11.0. The summed E-state index contributed by atoms with van der Waals surface area (Å²) in [7, 11) is 0. The highest BCUT2D eigenvalue weighted by Gasteiger charge is 2.46. The average molecular weight is 228 g/mol. The molecule has 0 aromatic rings. The summed E-state index contributed by atoms with van der Waals surface area (Å²) in [6.45, 7) is 7.72. The molecule has 3 heterocycles. The molecule has 3 fully saturated rings. The van der Waals surface area contributed by atoms with Gasteiger partial charge >= 0.3 is 0 Å². The molecule has 0 radical (unpaired) electrons. The third-order valence-electron chi connectivity index (χ3n) is 4.53. The number of piperidine rings is 1. The molecule has 4 nitrogen and oxygen atoms in total. The summed E-state index contributed by atoms with van der Waals surface area (Å²) in [6.07, 6.45) is 3.80. The maximum atomic E-state index is 6.17. The van der Waals surface area contributed by atoms with Crippen LogP contribution in [0.15, 0.2) is 0 Å². The fraction of sp³-hybridized carbons (Fsp3) is 1.00. The van der Waals surface area contributed by atoms with Crippen LogP contribution in [-0.4, -0.2) is 57.6 Å². The van der Waals surface area contributed by atoms with Crippen LogP contribution in [0.5, 0.6) is 0 Å². The quantitative estimate of drug-likeness (QED) is 0.534. The summed E-state index contributed by atoms with van der Waals surface area (Å²) in [4.78, 5) is 1.72. The number of ether oxygens (including phenoxy) is 2. The molecule has 0 bridgehead atoms. The highest BCUT2D eigenvalue weighted by atomic mass is 16.5. The van der Waals surface area contributed by atoms with Crippen LogP contribution in [0, 0.1) is 0 Å². The van der Waals surface area contributed by atoms with Crippen molar-refractivity contribution in [3.05, 3.63) is 0 Å². The summed E-state index contributed by atoms with van der Waals surface area (Å²) in [6, 6.07) is 0.738. The minimum atomic E-state index is 0.255.